The minimum atomic E-state index is 0.438. The topological polar surface area (TPSA) is 24.5 Å². The average Bonchev–Trinajstić information content (AvgIpc) is 3.00. The highest BCUT2D eigenvalue weighted by atomic mass is 16.5. The maximum absolute atomic E-state index is 5.63. The molecular weight excluding hydrogens is 224 g/mol. The molecule has 2 heterocycles. The summed E-state index contributed by atoms with van der Waals surface area (Å²) < 4.78 is 5.63. The van der Waals surface area contributed by atoms with Gasteiger partial charge in [0.15, 0.2) is 0 Å². The number of hydrogen-bond donors (Lipinski definition) is 1. The lowest BCUT2D eigenvalue weighted by Crippen LogP contribution is -2.66. The molecule has 2 atom stereocenters. The number of piperazine rings is 1. The van der Waals surface area contributed by atoms with Crippen molar-refractivity contribution in [2.75, 3.05) is 26.3 Å². The monoisotopic (exact) mass is 252 g/mol. The van der Waals surface area contributed by atoms with Crippen molar-refractivity contribution in [3.05, 3.63) is 0 Å². The van der Waals surface area contributed by atoms with Gasteiger partial charge in [-0.2, -0.15) is 0 Å². The van der Waals surface area contributed by atoms with Crippen LogP contribution in [0.1, 0.15) is 46.0 Å². The van der Waals surface area contributed by atoms with Gasteiger partial charge < -0.3 is 10.1 Å². The largest absolute Gasteiger partial charge is 0.380 e. The summed E-state index contributed by atoms with van der Waals surface area (Å²) in [6, 6.07) is 1.37. The zero-order chi connectivity index (χ0) is 12.6. The summed E-state index contributed by atoms with van der Waals surface area (Å²) in [4.78, 5) is 2.79. The molecule has 104 valence electrons. The van der Waals surface area contributed by atoms with Gasteiger partial charge in [0.25, 0.3) is 0 Å². The van der Waals surface area contributed by atoms with Crippen molar-refractivity contribution in [1.82, 2.24) is 10.2 Å². The minimum absolute atomic E-state index is 0.438. The van der Waals surface area contributed by atoms with E-state index in [1.54, 1.807) is 0 Å². The van der Waals surface area contributed by atoms with Crippen molar-refractivity contribution in [3.63, 3.8) is 0 Å². The summed E-state index contributed by atoms with van der Waals surface area (Å²) in [5.74, 6) is 0.733. The average molecular weight is 252 g/mol. The van der Waals surface area contributed by atoms with Crippen LogP contribution in [0, 0.1) is 5.92 Å². The molecule has 1 aliphatic carbocycles. The van der Waals surface area contributed by atoms with Gasteiger partial charge >= 0.3 is 0 Å². The lowest BCUT2D eigenvalue weighted by atomic mass is 9.87. The summed E-state index contributed by atoms with van der Waals surface area (Å²) in [6.07, 6.45) is 6.81. The van der Waals surface area contributed by atoms with E-state index in [0.717, 1.165) is 19.1 Å². The van der Waals surface area contributed by atoms with Crippen LogP contribution in [0.5, 0.6) is 0 Å². The predicted molar refractivity (Wildman–Crippen MR) is 73.8 cm³/mol. The highest BCUT2D eigenvalue weighted by molar-refractivity contribution is 5.03. The summed E-state index contributed by atoms with van der Waals surface area (Å²) in [5, 5.41) is 3.90. The molecule has 3 nitrogen and oxygen atoms in total. The molecule has 2 aliphatic heterocycles. The highest BCUT2D eigenvalue weighted by Crippen LogP contribution is 2.36. The number of rotatable bonds is 2. The third-order valence-electron chi connectivity index (χ3n) is 5.30. The lowest BCUT2D eigenvalue weighted by molar-refractivity contribution is 0.0177. The molecule has 1 saturated carbocycles. The third kappa shape index (κ3) is 2.33. The maximum atomic E-state index is 5.63. The van der Waals surface area contributed by atoms with Gasteiger partial charge in [-0.15, -0.1) is 0 Å². The molecule has 3 rings (SSSR count). The van der Waals surface area contributed by atoms with Gasteiger partial charge in [-0.05, 0) is 25.2 Å². The van der Waals surface area contributed by atoms with Crippen LogP contribution in [-0.4, -0.2) is 48.8 Å². The predicted octanol–water partition coefficient (Wildman–Crippen LogP) is 2.02. The first kappa shape index (κ1) is 12.9. The Morgan fingerprint density at radius 3 is 2.67 bits per heavy atom. The Bertz CT molecular complexity index is 280. The van der Waals surface area contributed by atoms with Crippen molar-refractivity contribution in [3.8, 4) is 0 Å². The fourth-order valence-corrected chi connectivity index (χ4v) is 4.15. The molecule has 0 aromatic heterocycles. The van der Waals surface area contributed by atoms with Crippen LogP contribution in [0.2, 0.25) is 0 Å². The van der Waals surface area contributed by atoms with Gasteiger partial charge in [0, 0.05) is 37.3 Å². The van der Waals surface area contributed by atoms with Gasteiger partial charge in [0.1, 0.15) is 0 Å². The molecule has 0 aromatic rings. The molecule has 2 saturated heterocycles. The van der Waals surface area contributed by atoms with E-state index in [2.05, 4.69) is 24.1 Å². The normalized spacial score (nSPS) is 36.8. The summed E-state index contributed by atoms with van der Waals surface area (Å²) in [7, 11) is 0. The minimum Gasteiger partial charge on any atom is -0.380 e. The molecule has 3 fully saturated rings. The maximum Gasteiger partial charge on any atom is 0.0622 e. The second-order valence-corrected chi connectivity index (χ2v) is 6.87. The second-order valence-electron chi connectivity index (χ2n) is 6.87. The van der Waals surface area contributed by atoms with Crippen LogP contribution < -0.4 is 5.32 Å². The van der Waals surface area contributed by atoms with E-state index in [1.165, 1.54) is 45.2 Å². The van der Waals surface area contributed by atoms with Gasteiger partial charge in [0.2, 0.25) is 0 Å². The highest BCUT2D eigenvalue weighted by Gasteiger charge is 2.44. The van der Waals surface area contributed by atoms with E-state index in [4.69, 9.17) is 4.74 Å². The van der Waals surface area contributed by atoms with Gasteiger partial charge in [-0.25, -0.2) is 0 Å². The van der Waals surface area contributed by atoms with Crippen molar-refractivity contribution in [2.45, 2.75) is 63.6 Å². The van der Waals surface area contributed by atoms with Crippen molar-refractivity contribution < 1.29 is 4.74 Å². The Balaban J connectivity index is 1.74. The summed E-state index contributed by atoms with van der Waals surface area (Å²) in [6.45, 7) is 9.08. The zero-order valence-corrected chi connectivity index (χ0v) is 12.0. The van der Waals surface area contributed by atoms with E-state index in [0.29, 0.717) is 17.6 Å². The standard InChI is InChI=1S/C15H28N2O/c1-12(2)14-9-16-15(6-3-4-7-15)11-17(14)13-5-8-18-10-13/h12-14,16H,3-11H2,1-2H3. The Labute approximate surface area is 111 Å². The molecule has 1 spiro atoms. The Morgan fingerprint density at radius 1 is 1.28 bits per heavy atom. The molecular formula is C15H28N2O. The molecule has 0 radical (unpaired) electrons. The SMILES string of the molecule is CC(C)C1CNC2(CCCC2)CN1C1CCOC1. The molecule has 2 unspecified atom stereocenters. The van der Waals surface area contributed by atoms with Crippen LogP contribution in [0.15, 0.2) is 0 Å². The van der Waals surface area contributed by atoms with E-state index < -0.39 is 0 Å². The smallest absolute Gasteiger partial charge is 0.0622 e. The quantitative estimate of drug-likeness (QED) is 0.814. The first-order valence-electron chi connectivity index (χ1n) is 7.79. The first-order valence-corrected chi connectivity index (χ1v) is 7.79. The second kappa shape index (κ2) is 5.10. The van der Waals surface area contributed by atoms with Crippen LogP contribution in [0.4, 0.5) is 0 Å². The van der Waals surface area contributed by atoms with Gasteiger partial charge in [-0.3, -0.25) is 4.90 Å². The summed E-state index contributed by atoms with van der Waals surface area (Å²) in [5.41, 5.74) is 0.438. The Morgan fingerprint density at radius 2 is 2.06 bits per heavy atom. The molecule has 0 amide bonds. The molecule has 0 aromatic carbocycles. The van der Waals surface area contributed by atoms with Gasteiger partial charge in [0.05, 0.1) is 6.61 Å². The van der Waals surface area contributed by atoms with Crippen LogP contribution in [-0.2, 0) is 4.74 Å². The van der Waals surface area contributed by atoms with E-state index >= 15 is 0 Å². The zero-order valence-electron chi connectivity index (χ0n) is 12.0. The molecule has 3 heteroatoms. The summed E-state index contributed by atoms with van der Waals surface area (Å²) >= 11 is 0. The van der Waals surface area contributed by atoms with E-state index in [9.17, 15) is 0 Å². The lowest BCUT2D eigenvalue weighted by Gasteiger charge is -2.50. The van der Waals surface area contributed by atoms with Crippen molar-refractivity contribution >= 4 is 0 Å². The van der Waals surface area contributed by atoms with E-state index in [1.807, 2.05) is 0 Å². The Kier molecular flexibility index (Phi) is 3.65. The van der Waals surface area contributed by atoms with Crippen LogP contribution >= 0.6 is 0 Å². The third-order valence-corrected chi connectivity index (χ3v) is 5.30. The molecule has 3 aliphatic rings. The van der Waals surface area contributed by atoms with Crippen molar-refractivity contribution in [2.24, 2.45) is 5.92 Å². The molecule has 1 N–H and O–H groups in total. The number of nitrogens with one attached hydrogen (secondary N) is 1. The molecule has 0 bridgehead atoms. The number of nitrogens with zero attached hydrogens (tertiary/aromatic N) is 1. The Hall–Kier alpha value is -0.120. The van der Waals surface area contributed by atoms with Crippen LogP contribution in [0.25, 0.3) is 0 Å². The first-order chi connectivity index (χ1) is 8.70. The van der Waals surface area contributed by atoms with Crippen LogP contribution in [0.3, 0.4) is 0 Å². The number of ether oxygens (including phenoxy) is 1. The van der Waals surface area contributed by atoms with Crippen molar-refractivity contribution in [1.29, 1.82) is 0 Å². The number of hydrogen-bond acceptors (Lipinski definition) is 3. The van der Waals surface area contributed by atoms with E-state index in [-0.39, 0.29) is 0 Å². The van der Waals surface area contributed by atoms with Gasteiger partial charge in [-0.1, -0.05) is 26.7 Å². The molecule has 18 heavy (non-hydrogen) atoms. The fraction of sp³-hybridized carbons (Fsp3) is 1.00. The fourth-order valence-electron chi connectivity index (χ4n) is 4.15.